The Kier molecular flexibility index (Phi) is 5.77. The first kappa shape index (κ1) is 19.4. The number of carbonyl (C=O) groups is 1. The number of hydrogen-bond donors (Lipinski definition) is 1. The Morgan fingerprint density at radius 1 is 1.08 bits per heavy atom. The van der Waals surface area contributed by atoms with Gasteiger partial charge in [-0.25, -0.2) is 8.42 Å². The van der Waals surface area contributed by atoms with E-state index in [-0.39, 0.29) is 16.8 Å². The number of aryl methyl sites for hydroxylation is 1. The third-order valence-corrected chi connectivity index (χ3v) is 7.87. The van der Waals surface area contributed by atoms with Gasteiger partial charge in [0.25, 0.3) is 5.91 Å². The summed E-state index contributed by atoms with van der Waals surface area (Å²) in [5, 5.41) is 3.15. The van der Waals surface area contributed by atoms with Crippen LogP contribution in [0.1, 0.15) is 62.9 Å². The lowest BCUT2D eigenvalue weighted by Crippen LogP contribution is -2.46. The van der Waals surface area contributed by atoms with E-state index in [1.54, 1.807) is 22.1 Å². The van der Waals surface area contributed by atoms with Gasteiger partial charge in [0.1, 0.15) is 10.6 Å². The molecule has 1 saturated heterocycles. The fourth-order valence-corrected chi connectivity index (χ4v) is 5.94. The number of carbonyl (C=O) groups excluding carboxylic acids is 1. The molecule has 0 bridgehead atoms. The average molecular weight is 382 g/mol. The molecule has 2 fully saturated rings. The Morgan fingerprint density at radius 3 is 2.31 bits per heavy atom. The first-order valence-electron chi connectivity index (χ1n) is 9.78. The van der Waals surface area contributed by atoms with Gasteiger partial charge >= 0.3 is 0 Å². The Balaban J connectivity index is 1.78. The summed E-state index contributed by atoms with van der Waals surface area (Å²) in [4.78, 5) is 13.0. The highest BCUT2D eigenvalue weighted by molar-refractivity contribution is 7.89. The number of hydrogen-bond acceptors (Lipinski definition) is 3. The molecule has 1 aliphatic carbocycles. The molecule has 7 heteroatoms. The zero-order valence-electron chi connectivity index (χ0n) is 16.1. The van der Waals surface area contributed by atoms with E-state index in [0.29, 0.717) is 30.6 Å². The summed E-state index contributed by atoms with van der Waals surface area (Å²) >= 11 is 0. The van der Waals surface area contributed by atoms with E-state index in [1.165, 1.54) is 12.5 Å². The molecule has 6 nitrogen and oxygen atoms in total. The lowest BCUT2D eigenvalue weighted by molar-refractivity contribution is 0.0872. The van der Waals surface area contributed by atoms with Crippen molar-refractivity contribution in [1.82, 2.24) is 14.2 Å². The van der Waals surface area contributed by atoms with Crippen molar-refractivity contribution in [3.05, 3.63) is 18.0 Å². The van der Waals surface area contributed by atoms with Crippen molar-refractivity contribution in [2.45, 2.75) is 63.3 Å². The van der Waals surface area contributed by atoms with Crippen LogP contribution in [0.3, 0.4) is 0 Å². The minimum atomic E-state index is -3.52. The van der Waals surface area contributed by atoms with Gasteiger partial charge in [0.2, 0.25) is 10.0 Å². The highest BCUT2D eigenvalue weighted by atomic mass is 32.2. The van der Waals surface area contributed by atoms with Crippen LogP contribution in [0.15, 0.2) is 17.2 Å². The second-order valence-electron chi connectivity index (χ2n) is 8.02. The number of nitrogens with zero attached hydrogens (tertiary/aromatic N) is 2. The average Bonchev–Trinajstić information content (AvgIpc) is 3.01. The zero-order valence-corrected chi connectivity index (χ0v) is 16.9. The molecule has 2 aliphatic rings. The van der Waals surface area contributed by atoms with E-state index < -0.39 is 10.0 Å². The molecule has 0 radical (unpaired) electrons. The molecule has 3 rings (SSSR count). The van der Waals surface area contributed by atoms with Gasteiger partial charge in [-0.05, 0) is 43.6 Å². The zero-order chi connectivity index (χ0) is 18.9. The summed E-state index contributed by atoms with van der Waals surface area (Å²) in [5.74, 6) is 0.706. The highest BCUT2D eigenvalue weighted by Gasteiger charge is 2.31. The van der Waals surface area contributed by atoms with Crippen molar-refractivity contribution in [3.8, 4) is 0 Å². The quantitative estimate of drug-likeness (QED) is 0.872. The van der Waals surface area contributed by atoms with Crippen molar-refractivity contribution in [3.63, 3.8) is 0 Å². The van der Waals surface area contributed by atoms with E-state index in [0.717, 1.165) is 32.1 Å². The summed E-state index contributed by atoms with van der Waals surface area (Å²) in [6.07, 6.45) is 7.89. The molecule has 0 aromatic carbocycles. The third-order valence-electron chi connectivity index (χ3n) is 6.01. The van der Waals surface area contributed by atoms with Gasteiger partial charge in [-0.3, -0.25) is 4.79 Å². The van der Waals surface area contributed by atoms with Crippen LogP contribution in [-0.4, -0.2) is 42.3 Å². The molecular weight excluding hydrogens is 350 g/mol. The van der Waals surface area contributed by atoms with E-state index in [1.807, 2.05) is 0 Å². The van der Waals surface area contributed by atoms with Gasteiger partial charge in [-0.1, -0.05) is 26.7 Å². The minimum absolute atomic E-state index is 0.147. The summed E-state index contributed by atoms with van der Waals surface area (Å²) in [5.41, 5.74) is 0.408. The molecule has 1 aromatic rings. The van der Waals surface area contributed by atoms with Gasteiger partial charge < -0.3 is 9.88 Å². The van der Waals surface area contributed by atoms with Crippen LogP contribution in [0, 0.1) is 11.8 Å². The number of sulfonamides is 1. The second kappa shape index (κ2) is 7.72. The predicted octanol–water partition coefficient (Wildman–Crippen LogP) is 2.75. The molecule has 1 amide bonds. The van der Waals surface area contributed by atoms with E-state index >= 15 is 0 Å². The molecule has 2 heterocycles. The van der Waals surface area contributed by atoms with Crippen molar-refractivity contribution >= 4 is 15.9 Å². The monoisotopic (exact) mass is 381 g/mol. The van der Waals surface area contributed by atoms with Crippen LogP contribution < -0.4 is 5.32 Å². The highest BCUT2D eigenvalue weighted by Crippen LogP contribution is 2.29. The van der Waals surface area contributed by atoms with Crippen LogP contribution in [0.2, 0.25) is 0 Å². The Morgan fingerprint density at radius 2 is 1.69 bits per heavy atom. The normalized spacial score (nSPS) is 28.0. The summed E-state index contributed by atoms with van der Waals surface area (Å²) in [7, 11) is -1.79. The minimum Gasteiger partial charge on any atom is -0.347 e. The fraction of sp³-hybridized carbons (Fsp3) is 0.737. The molecule has 26 heavy (non-hydrogen) atoms. The fourth-order valence-electron chi connectivity index (χ4n) is 4.35. The third kappa shape index (κ3) is 3.83. The molecule has 2 atom stereocenters. The summed E-state index contributed by atoms with van der Waals surface area (Å²) in [6, 6.07) is 1.67. The first-order valence-corrected chi connectivity index (χ1v) is 11.2. The summed E-state index contributed by atoms with van der Waals surface area (Å²) < 4.78 is 28.9. The SMILES string of the molecule is CC1CCCC(C)C1NC(=O)c1cc(S(=O)(=O)N2CCCCC2)cn1C. The number of nitrogens with one attached hydrogen (secondary N) is 1. The van der Waals surface area contributed by atoms with Gasteiger partial charge in [0.05, 0.1) is 0 Å². The number of piperidine rings is 1. The Hall–Kier alpha value is -1.34. The smallest absolute Gasteiger partial charge is 0.268 e. The Bertz CT molecular complexity index is 740. The van der Waals surface area contributed by atoms with Crippen LogP contribution in [0.25, 0.3) is 0 Å². The van der Waals surface area contributed by atoms with Crippen LogP contribution in [0.4, 0.5) is 0 Å². The van der Waals surface area contributed by atoms with E-state index in [2.05, 4.69) is 19.2 Å². The summed E-state index contributed by atoms with van der Waals surface area (Å²) in [6.45, 7) is 5.49. The maximum absolute atomic E-state index is 12.9. The number of rotatable bonds is 4. The van der Waals surface area contributed by atoms with Crippen molar-refractivity contribution in [2.75, 3.05) is 13.1 Å². The Labute approximate surface area is 157 Å². The molecular formula is C19H31N3O3S. The van der Waals surface area contributed by atoms with Crippen molar-refractivity contribution in [1.29, 1.82) is 0 Å². The lowest BCUT2D eigenvalue weighted by atomic mass is 9.78. The van der Waals surface area contributed by atoms with Crippen LogP contribution in [0.5, 0.6) is 0 Å². The van der Waals surface area contributed by atoms with Crippen molar-refractivity contribution < 1.29 is 13.2 Å². The second-order valence-corrected chi connectivity index (χ2v) is 9.96. The van der Waals surface area contributed by atoms with Crippen LogP contribution in [-0.2, 0) is 17.1 Å². The van der Waals surface area contributed by atoms with Gasteiger partial charge in [0, 0.05) is 32.4 Å². The molecule has 2 unspecified atom stereocenters. The number of aromatic nitrogens is 1. The standard InChI is InChI=1S/C19H31N3O3S/c1-14-8-7-9-15(2)18(14)20-19(23)17-12-16(13-21(17)3)26(24,25)22-10-5-4-6-11-22/h12-15,18H,4-11H2,1-3H3,(H,20,23). The molecule has 1 saturated carbocycles. The maximum atomic E-state index is 12.9. The number of amides is 1. The molecule has 1 aliphatic heterocycles. The van der Waals surface area contributed by atoms with E-state index in [4.69, 9.17) is 0 Å². The molecule has 1 aromatic heterocycles. The predicted molar refractivity (Wildman–Crippen MR) is 101 cm³/mol. The van der Waals surface area contributed by atoms with Crippen LogP contribution >= 0.6 is 0 Å². The molecule has 0 spiro atoms. The molecule has 1 N–H and O–H groups in total. The molecule has 146 valence electrons. The first-order chi connectivity index (χ1) is 12.3. The van der Waals surface area contributed by atoms with Crippen molar-refractivity contribution in [2.24, 2.45) is 18.9 Å². The van der Waals surface area contributed by atoms with Gasteiger partial charge in [-0.15, -0.1) is 0 Å². The largest absolute Gasteiger partial charge is 0.347 e. The lowest BCUT2D eigenvalue weighted by Gasteiger charge is -2.35. The topological polar surface area (TPSA) is 71.4 Å². The maximum Gasteiger partial charge on any atom is 0.268 e. The van der Waals surface area contributed by atoms with Gasteiger partial charge in [0.15, 0.2) is 0 Å². The van der Waals surface area contributed by atoms with Gasteiger partial charge in [-0.2, -0.15) is 4.31 Å². The van der Waals surface area contributed by atoms with E-state index in [9.17, 15) is 13.2 Å².